The van der Waals surface area contributed by atoms with Gasteiger partial charge in [-0.3, -0.25) is 4.79 Å². The molecule has 24 heavy (non-hydrogen) atoms. The minimum absolute atomic E-state index is 0.350. The number of rotatable bonds is 5. The summed E-state index contributed by atoms with van der Waals surface area (Å²) in [5.41, 5.74) is 0.235. The standard InChI is InChI=1S/C18H16N2O3S/c1-2-15(18(22)23)20-11-19-17(21)14-10-13(8-9-16(14)20)24-12-6-4-3-5-7-12/h3-11,15H,2H2,1H3,(H,22,23). The highest BCUT2D eigenvalue weighted by Crippen LogP contribution is 2.29. The van der Waals surface area contributed by atoms with Gasteiger partial charge in [-0.15, -0.1) is 0 Å². The van der Waals surface area contributed by atoms with E-state index >= 15 is 0 Å². The molecule has 0 amide bonds. The Balaban J connectivity index is 2.08. The third-order valence-corrected chi connectivity index (χ3v) is 4.76. The number of carboxylic acids is 1. The molecule has 0 saturated heterocycles. The Morgan fingerprint density at radius 1 is 1.21 bits per heavy atom. The maximum Gasteiger partial charge on any atom is 0.326 e. The van der Waals surface area contributed by atoms with Crippen molar-refractivity contribution < 1.29 is 9.90 Å². The maximum absolute atomic E-state index is 12.1. The van der Waals surface area contributed by atoms with E-state index in [9.17, 15) is 14.7 Å². The van der Waals surface area contributed by atoms with Crippen LogP contribution in [0.3, 0.4) is 0 Å². The lowest BCUT2D eigenvalue weighted by Crippen LogP contribution is -2.22. The molecule has 0 saturated carbocycles. The molecule has 1 N–H and O–H groups in total. The van der Waals surface area contributed by atoms with E-state index in [2.05, 4.69) is 4.98 Å². The Hall–Kier alpha value is -2.60. The molecule has 0 aliphatic heterocycles. The summed E-state index contributed by atoms with van der Waals surface area (Å²) < 4.78 is 1.55. The number of carbonyl (C=O) groups is 1. The molecule has 0 aliphatic carbocycles. The summed E-state index contributed by atoms with van der Waals surface area (Å²) in [5, 5.41) is 9.80. The first kappa shape index (κ1) is 16.3. The van der Waals surface area contributed by atoms with Gasteiger partial charge in [0.15, 0.2) is 0 Å². The number of benzene rings is 2. The smallest absolute Gasteiger partial charge is 0.326 e. The van der Waals surface area contributed by atoms with Crippen LogP contribution in [0.2, 0.25) is 0 Å². The molecule has 0 aliphatic rings. The second-order valence-electron chi connectivity index (χ2n) is 5.31. The van der Waals surface area contributed by atoms with Gasteiger partial charge >= 0.3 is 5.97 Å². The fourth-order valence-electron chi connectivity index (χ4n) is 2.58. The summed E-state index contributed by atoms with van der Waals surface area (Å²) in [6.07, 6.45) is 1.73. The minimum Gasteiger partial charge on any atom is -0.480 e. The van der Waals surface area contributed by atoms with Crippen molar-refractivity contribution in [3.63, 3.8) is 0 Å². The zero-order chi connectivity index (χ0) is 17.1. The lowest BCUT2D eigenvalue weighted by atomic mass is 10.2. The predicted octanol–water partition coefficient (Wildman–Crippen LogP) is 3.58. The third kappa shape index (κ3) is 3.19. The van der Waals surface area contributed by atoms with Crippen LogP contribution in [0.4, 0.5) is 0 Å². The number of hydrogen-bond donors (Lipinski definition) is 1. The SMILES string of the molecule is CCC(C(=O)O)n1cnc(=O)c2cc(Sc3ccccc3)ccc21. The van der Waals surface area contributed by atoms with Gasteiger partial charge in [-0.1, -0.05) is 36.9 Å². The van der Waals surface area contributed by atoms with Gasteiger partial charge in [0.05, 0.1) is 10.9 Å². The minimum atomic E-state index is -0.938. The van der Waals surface area contributed by atoms with Gasteiger partial charge in [-0.2, -0.15) is 4.98 Å². The highest BCUT2D eigenvalue weighted by Gasteiger charge is 2.19. The van der Waals surface area contributed by atoms with Gasteiger partial charge in [-0.05, 0) is 36.8 Å². The molecule has 6 heteroatoms. The molecule has 1 unspecified atom stereocenters. The van der Waals surface area contributed by atoms with Crippen LogP contribution in [0.25, 0.3) is 10.9 Å². The average Bonchev–Trinajstić information content (AvgIpc) is 2.58. The van der Waals surface area contributed by atoms with Crippen LogP contribution >= 0.6 is 11.8 Å². The maximum atomic E-state index is 12.1. The van der Waals surface area contributed by atoms with Crippen LogP contribution in [-0.2, 0) is 4.79 Å². The van der Waals surface area contributed by atoms with Crippen molar-refractivity contribution in [3.05, 3.63) is 65.2 Å². The van der Waals surface area contributed by atoms with E-state index in [1.54, 1.807) is 35.4 Å². The first-order chi connectivity index (χ1) is 11.6. The molecular weight excluding hydrogens is 324 g/mol. The molecule has 0 bridgehead atoms. The molecule has 0 radical (unpaired) electrons. The quantitative estimate of drug-likeness (QED) is 0.768. The Morgan fingerprint density at radius 2 is 1.96 bits per heavy atom. The number of fused-ring (bicyclic) bond motifs is 1. The van der Waals surface area contributed by atoms with Crippen molar-refractivity contribution in [1.29, 1.82) is 0 Å². The lowest BCUT2D eigenvalue weighted by Gasteiger charge is -2.17. The molecule has 1 atom stereocenters. The van der Waals surface area contributed by atoms with Crippen LogP contribution in [0.1, 0.15) is 19.4 Å². The average molecular weight is 340 g/mol. The topological polar surface area (TPSA) is 72.2 Å². The second-order valence-corrected chi connectivity index (χ2v) is 6.46. The highest BCUT2D eigenvalue weighted by molar-refractivity contribution is 7.99. The summed E-state index contributed by atoms with van der Waals surface area (Å²) in [6.45, 7) is 1.79. The first-order valence-corrected chi connectivity index (χ1v) is 8.38. The Kier molecular flexibility index (Phi) is 4.66. The van der Waals surface area contributed by atoms with Gasteiger partial charge in [0.25, 0.3) is 5.56 Å². The molecule has 0 fully saturated rings. The van der Waals surface area contributed by atoms with Gasteiger partial charge in [0.2, 0.25) is 0 Å². The van der Waals surface area contributed by atoms with Crippen molar-refractivity contribution in [3.8, 4) is 0 Å². The first-order valence-electron chi connectivity index (χ1n) is 7.56. The summed E-state index contributed by atoms with van der Waals surface area (Å²) in [6, 6.07) is 14.6. The van der Waals surface area contributed by atoms with E-state index in [1.165, 1.54) is 6.33 Å². The lowest BCUT2D eigenvalue weighted by molar-refractivity contribution is -0.140. The van der Waals surface area contributed by atoms with E-state index in [-0.39, 0.29) is 5.56 Å². The number of nitrogens with zero attached hydrogens (tertiary/aromatic N) is 2. The number of carboxylic acid groups (broad SMARTS) is 1. The van der Waals surface area contributed by atoms with Crippen LogP contribution in [0.5, 0.6) is 0 Å². The fraction of sp³-hybridized carbons (Fsp3) is 0.167. The monoisotopic (exact) mass is 340 g/mol. The van der Waals surface area contributed by atoms with Gasteiger partial charge in [-0.25, -0.2) is 4.79 Å². The Labute approximate surface area is 143 Å². The van der Waals surface area contributed by atoms with Gasteiger partial charge in [0, 0.05) is 9.79 Å². The van der Waals surface area contributed by atoms with Crippen LogP contribution in [0, 0.1) is 0 Å². The van der Waals surface area contributed by atoms with Crippen LogP contribution in [0.15, 0.2) is 69.4 Å². The molecule has 3 aromatic rings. The van der Waals surface area contributed by atoms with Crippen molar-refractivity contribution in [2.45, 2.75) is 29.2 Å². The number of aliphatic carboxylic acids is 1. The Morgan fingerprint density at radius 3 is 2.62 bits per heavy atom. The molecule has 1 heterocycles. The molecule has 3 rings (SSSR count). The second kappa shape index (κ2) is 6.88. The van der Waals surface area contributed by atoms with Crippen LogP contribution < -0.4 is 5.56 Å². The zero-order valence-corrected chi connectivity index (χ0v) is 13.9. The van der Waals surface area contributed by atoms with E-state index in [0.29, 0.717) is 17.3 Å². The molecule has 0 spiro atoms. The van der Waals surface area contributed by atoms with E-state index in [4.69, 9.17) is 0 Å². The summed E-state index contributed by atoms with van der Waals surface area (Å²) >= 11 is 1.55. The van der Waals surface area contributed by atoms with Gasteiger partial charge in [0.1, 0.15) is 12.4 Å². The van der Waals surface area contributed by atoms with E-state index in [0.717, 1.165) is 9.79 Å². The van der Waals surface area contributed by atoms with E-state index in [1.807, 2.05) is 36.4 Å². The highest BCUT2D eigenvalue weighted by atomic mass is 32.2. The number of aromatic nitrogens is 2. The van der Waals surface area contributed by atoms with Crippen molar-refractivity contribution in [1.82, 2.24) is 9.55 Å². The summed E-state index contributed by atoms with van der Waals surface area (Å²) in [7, 11) is 0. The fourth-order valence-corrected chi connectivity index (χ4v) is 3.46. The summed E-state index contributed by atoms with van der Waals surface area (Å²) in [4.78, 5) is 29.4. The van der Waals surface area contributed by atoms with Crippen LogP contribution in [-0.4, -0.2) is 20.6 Å². The van der Waals surface area contributed by atoms with Crippen molar-refractivity contribution in [2.75, 3.05) is 0 Å². The Bertz CT molecular complexity index is 938. The summed E-state index contributed by atoms with van der Waals surface area (Å²) in [5.74, 6) is -0.938. The van der Waals surface area contributed by atoms with Crippen molar-refractivity contribution in [2.24, 2.45) is 0 Å². The molecule has 122 valence electrons. The molecule has 1 aromatic heterocycles. The number of hydrogen-bond acceptors (Lipinski definition) is 4. The zero-order valence-electron chi connectivity index (χ0n) is 13.0. The molecule has 5 nitrogen and oxygen atoms in total. The molecule has 2 aromatic carbocycles. The normalized spacial score (nSPS) is 12.2. The largest absolute Gasteiger partial charge is 0.480 e. The van der Waals surface area contributed by atoms with Crippen molar-refractivity contribution >= 4 is 28.6 Å². The third-order valence-electron chi connectivity index (χ3n) is 3.76. The van der Waals surface area contributed by atoms with Gasteiger partial charge < -0.3 is 9.67 Å². The van der Waals surface area contributed by atoms with E-state index < -0.39 is 12.0 Å². The molecular formula is C18H16N2O3S. The predicted molar refractivity (Wildman–Crippen MR) is 93.5 cm³/mol.